The van der Waals surface area contributed by atoms with Gasteiger partial charge in [0.05, 0.1) is 16.3 Å². The molecule has 0 radical (unpaired) electrons. The van der Waals surface area contributed by atoms with Crippen LogP contribution in [-0.2, 0) is 10.0 Å². The van der Waals surface area contributed by atoms with Gasteiger partial charge in [0, 0.05) is 35.7 Å². The zero-order valence-electron chi connectivity index (χ0n) is 19.4. The lowest BCUT2D eigenvalue weighted by atomic mass is 10.2. The van der Waals surface area contributed by atoms with Crippen molar-refractivity contribution < 1.29 is 17.6 Å². The number of nitrogens with one attached hydrogen (secondary N) is 1. The van der Waals surface area contributed by atoms with Crippen LogP contribution in [0.15, 0.2) is 64.9 Å². The molecular formula is C24H24FN5O3S2. The zero-order chi connectivity index (χ0) is 25.2. The van der Waals surface area contributed by atoms with Crippen LogP contribution < -0.4 is 5.32 Å². The molecule has 2 aromatic carbocycles. The standard InChI is InChI=1S/C24H24FN5O3S2/c1-4-29(5-2)35(32,33)20-12-8-18(9-13-20)23(31)27-22-14-16(3)28-30(22)24-26-21(15-34-24)17-6-10-19(25)11-7-17/h6-15H,4-5H2,1-3H3,(H,27,31). The molecule has 0 fully saturated rings. The van der Waals surface area contributed by atoms with Crippen molar-refractivity contribution in [3.8, 4) is 16.4 Å². The Bertz CT molecular complexity index is 1440. The molecule has 35 heavy (non-hydrogen) atoms. The molecule has 0 saturated carbocycles. The molecule has 2 aromatic heterocycles. The predicted octanol–water partition coefficient (Wildman–Crippen LogP) is 4.73. The van der Waals surface area contributed by atoms with E-state index in [1.807, 2.05) is 5.38 Å². The van der Waals surface area contributed by atoms with Crippen LogP contribution in [0.5, 0.6) is 0 Å². The monoisotopic (exact) mass is 513 g/mol. The van der Waals surface area contributed by atoms with Gasteiger partial charge in [-0.25, -0.2) is 17.8 Å². The molecule has 0 bridgehead atoms. The number of aryl methyl sites for hydroxylation is 1. The van der Waals surface area contributed by atoms with Crippen LogP contribution in [0.3, 0.4) is 0 Å². The number of rotatable bonds is 8. The lowest BCUT2D eigenvalue weighted by Gasteiger charge is -2.18. The highest BCUT2D eigenvalue weighted by Gasteiger charge is 2.22. The van der Waals surface area contributed by atoms with Gasteiger partial charge in [0.1, 0.15) is 11.6 Å². The van der Waals surface area contributed by atoms with Crippen molar-refractivity contribution in [1.29, 1.82) is 0 Å². The fraction of sp³-hybridized carbons (Fsp3) is 0.208. The Morgan fingerprint density at radius 1 is 1.09 bits per heavy atom. The highest BCUT2D eigenvalue weighted by atomic mass is 32.2. The van der Waals surface area contributed by atoms with Gasteiger partial charge in [0.25, 0.3) is 5.91 Å². The molecule has 4 aromatic rings. The number of halogens is 1. The van der Waals surface area contributed by atoms with Gasteiger partial charge < -0.3 is 5.32 Å². The second-order valence-electron chi connectivity index (χ2n) is 7.67. The van der Waals surface area contributed by atoms with E-state index in [0.717, 1.165) is 5.56 Å². The Morgan fingerprint density at radius 2 is 1.74 bits per heavy atom. The third-order valence-electron chi connectivity index (χ3n) is 5.35. The van der Waals surface area contributed by atoms with Gasteiger partial charge in [-0.1, -0.05) is 13.8 Å². The Balaban J connectivity index is 1.55. The van der Waals surface area contributed by atoms with Crippen LogP contribution in [-0.4, -0.2) is 46.5 Å². The van der Waals surface area contributed by atoms with Gasteiger partial charge in [-0.3, -0.25) is 4.79 Å². The summed E-state index contributed by atoms with van der Waals surface area (Å²) in [6.07, 6.45) is 0. The van der Waals surface area contributed by atoms with E-state index in [-0.39, 0.29) is 10.7 Å². The molecule has 0 atom stereocenters. The number of anilines is 1. The maximum absolute atomic E-state index is 13.2. The van der Waals surface area contributed by atoms with Gasteiger partial charge in [0.15, 0.2) is 0 Å². The Morgan fingerprint density at radius 3 is 2.37 bits per heavy atom. The second kappa shape index (κ2) is 10.1. The first-order valence-corrected chi connectivity index (χ1v) is 13.2. The van der Waals surface area contributed by atoms with Crippen LogP contribution in [0.4, 0.5) is 10.2 Å². The van der Waals surface area contributed by atoms with E-state index >= 15 is 0 Å². The number of aromatic nitrogens is 3. The number of thiazole rings is 1. The number of hydrogen-bond acceptors (Lipinski definition) is 6. The molecule has 1 N–H and O–H groups in total. The summed E-state index contributed by atoms with van der Waals surface area (Å²) in [5.74, 6) is -0.309. The van der Waals surface area contributed by atoms with Crippen molar-refractivity contribution in [1.82, 2.24) is 19.1 Å². The fourth-order valence-corrected chi connectivity index (χ4v) is 5.78. The van der Waals surface area contributed by atoms with Gasteiger partial charge in [-0.05, 0) is 55.5 Å². The van der Waals surface area contributed by atoms with E-state index in [0.29, 0.717) is 41.0 Å². The summed E-state index contributed by atoms with van der Waals surface area (Å²) < 4.78 is 41.5. The van der Waals surface area contributed by atoms with Crippen molar-refractivity contribution in [3.63, 3.8) is 0 Å². The third kappa shape index (κ3) is 5.16. The molecule has 1 amide bonds. The van der Waals surface area contributed by atoms with Gasteiger partial charge in [-0.2, -0.15) is 14.1 Å². The molecule has 0 aliphatic heterocycles. The van der Waals surface area contributed by atoms with Crippen LogP contribution in [0, 0.1) is 12.7 Å². The molecule has 8 nitrogen and oxygen atoms in total. The maximum Gasteiger partial charge on any atom is 0.256 e. The van der Waals surface area contributed by atoms with Crippen molar-refractivity contribution in [2.75, 3.05) is 18.4 Å². The van der Waals surface area contributed by atoms with Crippen molar-refractivity contribution in [3.05, 3.63) is 77.1 Å². The summed E-state index contributed by atoms with van der Waals surface area (Å²) in [5.41, 5.74) is 2.42. The number of carbonyl (C=O) groups is 1. The summed E-state index contributed by atoms with van der Waals surface area (Å²) in [6.45, 7) is 6.08. The van der Waals surface area contributed by atoms with Crippen molar-refractivity contribution in [2.24, 2.45) is 0 Å². The molecule has 0 saturated heterocycles. The van der Waals surface area contributed by atoms with E-state index in [4.69, 9.17) is 0 Å². The first kappa shape index (κ1) is 24.7. The number of benzene rings is 2. The average molecular weight is 514 g/mol. The van der Waals surface area contributed by atoms with Crippen LogP contribution in [0.2, 0.25) is 0 Å². The molecule has 182 valence electrons. The summed E-state index contributed by atoms with van der Waals surface area (Å²) in [6, 6.07) is 13.6. The maximum atomic E-state index is 13.2. The average Bonchev–Trinajstić information content (AvgIpc) is 3.47. The lowest BCUT2D eigenvalue weighted by molar-refractivity contribution is 0.102. The van der Waals surface area contributed by atoms with Gasteiger partial charge in [-0.15, -0.1) is 11.3 Å². The molecule has 2 heterocycles. The largest absolute Gasteiger partial charge is 0.306 e. The van der Waals surface area contributed by atoms with Crippen LogP contribution in [0.1, 0.15) is 29.9 Å². The van der Waals surface area contributed by atoms with Gasteiger partial charge in [0.2, 0.25) is 15.2 Å². The summed E-state index contributed by atoms with van der Waals surface area (Å²) >= 11 is 1.34. The zero-order valence-corrected chi connectivity index (χ0v) is 21.0. The topological polar surface area (TPSA) is 97.2 Å². The smallest absolute Gasteiger partial charge is 0.256 e. The van der Waals surface area contributed by atoms with E-state index < -0.39 is 15.9 Å². The van der Waals surface area contributed by atoms with Crippen molar-refractivity contribution in [2.45, 2.75) is 25.7 Å². The Kier molecular flexibility index (Phi) is 7.10. The minimum absolute atomic E-state index is 0.134. The number of sulfonamides is 1. The number of hydrogen-bond donors (Lipinski definition) is 1. The normalized spacial score (nSPS) is 11.7. The third-order valence-corrected chi connectivity index (χ3v) is 8.23. The SMILES string of the molecule is CCN(CC)S(=O)(=O)c1ccc(C(=O)Nc2cc(C)nn2-c2nc(-c3ccc(F)cc3)cs2)cc1. The minimum Gasteiger partial charge on any atom is -0.306 e. The number of amides is 1. The Labute approximate surface area is 207 Å². The quantitative estimate of drug-likeness (QED) is 0.368. The minimum atomic E-state index is -3.61. The highest BCUT2D eigenvalue weighted by Crippen LogP contribution is 2.27. The van der Waals surface area contributed by atoms with E-state index in [2.05, 4.69) is 15.4 Å². The highest BCUT2D eigenvalue weighted by molar-refractivity contribution is 7.89. The van der Waals surface area contributed by atoms with E-state index in [9.17, 15) is 17.6 Å². The number of nitrogens with zero attached hydrogens (tertiary/aromatic N) is 4. The summed E-state index contributed by atoms with van der Waals surface area (Å²) in [5, 5.41) is 9.63. The first-order valence-electron chi connectivity index (χ1n) is 10.9. The number of carbonyl (C=O) groups excluding carboxylic acids is 1. The Hall–Kier alpha value is -3.41. The molecule has 0 unspecified atom stereocenters. The summed E-state index contributed by atoms with van der Waals surface area (Å²) in [4.78, 5) is 17.6. The summed E-state index contributed by atoms with van der Waals surface area (Å²) in [7, 11) is -3.61. The predicted molar refractivity (Wildman–Crippen MR) is 134 cm³/mol. The van der Waals surface area contributed by atoms with Crippen LogP contribution >= 0.6 is 11.3 Å². The molecule has 0 spiro atoms. The van der Waals surface area contributed by atoms with Crippen LogP contribution in [0.25, 0.3) is 16.4 Å². The van der Waals surface area contributed by atoms with E-state index in [1.165, 1.54) is 56.7 Å². The molecule has 4 rings (SSSR count). The fourth-order valence-electron chi connectivity index (χ4n) is 3.53. The van der Waals surface area contributed by atoms with Crippen molar-refractivity contribution >= 4 is 33.1 Å². The molecule has 0 aliphatic rings. The molecule has 11 heteroatoms. The van der Waals surface area contributed by atoms with Gasteiger partial charge >= 0.3 is 0 Å². The lowest BCUT2D eigenvalue weighted by Crippen LogP contribution is -2.30. The van der Waals surface area contributed by atoms with E-state index in [1.54, 1.807) is 39.0 Å². The second-order valence-corrected chi connectivity index (χ2v) is 10.4. The first-order chi connectivity index (χ1) is 16.7. The molecule has 0 aliphatic carbocycles. The molecular weight excluding hydrogens is 489 g/mol.